The molecule has 1 heterocycles. The number of hydrogen-bond donors (Lipinski definition) is 1. The highest BCUT2D eigenvalue weighted by molar-refractivity contribution is 7.99. The molecule has 0 aromatic carbocycles. The van der Waals surface area contributed by atoms with E-state index in [1.807, 2.05) is 0 Å². The fourth-order valence-electron chi connectivity index (χ4n) is 2.78. The van der Waals surface area contributed by atoms with Gasteiger partial charge >= 0.3 is 0 Å². The second-order valence-electron chi connectivity index (χ2n) is 5.07. The third kappa shape index (κ3) is 4.36. The maximum atomic E-state index is 3.64. The van der Waals surface area contributed by atoms with Crippen LogP contribution in [0.5, 0.6) is 0 Å². The van der Waals surface area contributed by atoms with Crippen LogP contribution >= 0.6 is 11.8 Å². The van der Waals surface area contributed by atoms with Crippen LogP contribution in [0.15, 0.2) is 0 Å². The Kier molecular flexibility index (Phi) is 5.34. The maximum absolute atomic E-state index is 3.64. The van der Waals surface area contributed by atoms with E-state index < -0.39 is 0 Å². The summed E-state index contributed by atoms with van der Waals surface area (Å²) in [7, 11) is 0. The molecule has 15 heavy (non-hydrogen) atoms. The predicted molar refractivity (Wildman–Crippen MR) is 69.6 cm³/mol. The minimum Gasteiger partial charge on any atom is -0.314 e. The Bertz CT molecular complexity index is 142. The monoisotopic (exact) mass is 227 g/mol. The van der Waals surface area contributed by atoms with Crippen LogP contribution in [0.1, 0.15) is 57.8 Å². The van der Waals surface area contributed by atoms with E-state index >= 15 is 0 Å². The predicted octanol–water partition coefficient (Wildman–Crippen LogP) is 3.58. The highest BCUT2D eigenvalue weighted by Gasteiger charge is 2.16. The van der Waals surface area contributed by atoms with Gasteiger partial charge in [-0.2, -0.15) is 11.8 Å². The van der Waals surface area contributed by atoms with Crippen molar-refractivity contribution in [2.24, 2.45) is 0 Å². The summed E-state index contributed by atoms with van der Waals surface area (Å²) in [6.45, 7) is 1.26. The zero-order valence-corrected chi connectivity index (χ0v) is 10.7. The summed E-state index contributed by atoms with van der Waals surface area (Å²) >= 11 is 2.25. The first-order chi connectivity index (χ1) is 7.45. The Hall–Kier alpha value is 0.310. The van der Waals surface area contributed by atoms with E-state index in [1.165, 1.54) is 70.1 Å². The van der Waals surface area contributed by atoms with E-state index in [2.05, 4.69) is 17.1 Å². The summed E-state index contributed by atoms with van der Waals surface area (Å²) in [6.07, 6.45) is 13.1. The Balaban J connectivity index is 1.53. The van der Waals surface area contributed by atoms with Gasteiger partial charge < -0.3 is 5.32 Å². The molecule has 0 amide bonds. The number of thioether (sulfide) groups is 1. The van der Waals surface area contributed by atoms with Gasteiger partial charge in [-0.05, 0) is 44.4 Å². The lowest BCUT2D eigenvalue weighted by Crippen LogP contribution is -2.34. The lowest BCUT2D eigenvalue weighted by molar-refractivity contribution is 0.394. The quantitative estimate of drug-likeness (QED) is 0.788. The summed E-state index contributed by atoms with van der Waals surface area (Å²) in [6, 6.07) is 0.842. The average Bonchev–Trinajstić information content (AvgIpc) is 2.32. The zero-order valence-electron chi connectivity index (χ0n) is 9.84. The van der Waals surface area contributed by atoms with Crippen molar-refractivity contribution < 1.29 is 0 Å². The topological polar surface area (TPSA) is 12.0 Å². The van der Waals surface area contributed by atoms with Crippen molar-refractivity contribution in [2.45, 2.75) is 69.1 Å². The Morgan fingerprint density at radius 3 is 2.47 bits per heavy atom. The van der Waals surface area contributed by atoms with Gasteiger partial charge in [-0.3, -0.25) is 0 Å². The molecule has 1 unspecified atom stereocenters. The molecule has 0 aromatic rings. The van der Waals surface area contributed by atoms with E-state index in [0.29, 0.717) is 0 Å². The Morgan fingerprint density at radius 1 is 0.933 bits per heavy atom. The van der Waals surface area contributed by atoms with Crippen LogP contribution in [0.2, 0.25) is 0 Å². The molecule has 1 atom stereocenters. The van der Waals surface area contributed by atoms with Crippen LogP contribution in [-0.4, -0.2) is 23.6 Å². The SMILES string of the molecule is C1CCC(SCCC2CCCCN2)CC1. The van der Waals surface area contributed by atoms with Gasteiger partial charge in [-0.25, -0.2) is 0 Å². The average molecular weight is 227 g/mol. The number of rotatable bonds is 4. The van der Waals surface area contributed by atoms with Crippen molar-refractivity contribution in [2.75, 3.05) is 12.3 Å². The second-order valence-corrected chi connectivity index (χ2v) is 6.47. The Labute approximate surface area is 98.8 Å². The summed E-state index contributed by atoms with van der Waals surface area (Å²) in [5.41, 5.74) is 0. The van der Waals surface area contributed by atoms with Crippen LogP contribution in [0.25, 0.3) is 0 Å². The van der Waals surface area contributed by atoms with Gasteiger partial charge in [0.25, 0.3) is 0 Å². The minimum atomic E-state index is 0.842. The normalized spacial score (nSPS) is 29.2. The van der Waals surface area contributed by atoms with E-state index in [9.17, 15) is 0 Å². The lowest BCUT2D eigenvalue weighted by atomic mass is 10.0. The summed E-state index contributed by atoms with van der Waals surface area (Å²) in [5.74, 6) is 1.39. The molecule has 2 rings (SSSR count). The molecule has 88 valence electrons. The van der Waals surface area contributed by atoms with Crippen molar-refractivity contribution in [1.82, 2.24) is 5.32 Å². The van der Waals surface area contributed by atoms with Gasteiger partial charge in [-0.15, -0.1) is 0 Å². The van der Waals surface area contributed by atoms with Crippen LogP contribution in [0, 0.1) is 0 Å². The van der Waals surface area contributed by atoms with Crippen molar-refractivity contribution in [3.05, 3.63) is 0 Å². The lowest BCUT2D eigenvalue weighted by Gasteiger charge is -2.25. The van der Waals surface area contributed by atoms with Crippen LogP contribution < -0.4 is 5.32 Å². The van der Waals surface area contributed by atoms with E-state index in [1.54, 1.807) is 0 Å². The van der Waals surface area contributed by atoms with Gasteiger partial charge in [0, 0.05) is 11.3 Å². The highest BCUT2D eigenvalue weighted by Crippen LogP contribution is 2.29. The zero-order chi connectivity index (χ0) is 10.3. The summed E-state index contributed by atoms with van der Waals surface area (Å²) < 4.78 is 0. The third-order valence-electron chi connectivity index (χ3n) is 3.78. The number of hydrogen-bond acceptors (Lipinski definition) is 2. The minimum absolute atomic E-state index is 0.842. The number of nitrogens with one attached hydrogen (secondary N) is 1. The first-order valence-electron chi connectivity index (χ1n) is 6.80. The van der Waals surface area contributed by atoms with Gasteiger partial charge in [0.15, 0.2) is 0 Å². The third-order valence-corrected chi connectivity index (χ3v) is 5.20. The number of piperidine rings is 1. The largest absolute Gasteiger partial charge is 0.314 e. The maximum Gasteiger partial charge on any atom is 0.00749 e. The molecular formula is C13H25NS. The molecule has 1 saturated carbocycles. The molecule has 0 spiro atoms. The van der Waals surface area contributed by atoms with E-state index in [-0.39, 0.29) is 0 Å². The molecular weight excluding hydrogens is 202 g/mol. The molecule has 1 nitrogen and oxygen atoms in total. The van der Waals surface area contributed by atoms with Crippen molar-refractivity contribution >= 4 is 11.8 Å². The van der Waals surface area contributed by atoms with E-state index in [4.69, 9.17) is 0 Å². The second kappa shape index (κ2) is 6.80. The molecule has 0 bridgehead atoms. The highest BCUT2D eigenvalue weighted by atomic mass is 32.2. The molecule has 0 radical (unpaired) electrons. The van der Waals surface area contributed by atoms with Crippen LogP contribution in [-0.2, 0) is 0 Å². The fraction of sp³-hybridized carbons (Fsp3) is 1.00. The molecule has 2 fully saturated rings. The van der Waals surface area contributed by atoms with Gasteiger partial charge in [0.2, 0.25) is 0 Å². The van der Waals surface area contributed by atoms with Gasteiger partial charge in [0.05, 0.1) is 0 Å². The first-order valence-corrected chi connectivity index (χ1v) is 7.85. The summed E-state index contributed by atoms with van der Waals surface area (Å²) in [4.78, 5) is 0. The summed E-state index contributed by atoms with van der Waals surface area (Å²) in [5, 5.41) is 4.65. The standard InChI is InChI=1S/C13H25NS/c1-2-7-13(8-3-1)15-11-9-12-6-4-5-10-14-12/h12-14H,1-11H2. The smallest absolute Gasteiger partial charge is 0.00749 e. The fourth-order valence-corrected chi connectivity index (χ4v) is 4.20. The molecule has 0 aromatic heterocycles. The van der Waals surface area contributed by atoms with Gasteiger partial charge in [-0.1, -0.05) is 25.7 Å². The van der Waals surface area contributed by atoms with Crippen molar-refractivity contribution in [1.29, 1.82) is 0 Å². The van der Waals surface area contributed by atoms with E-state index in [0.717, 1.165) is 11.3 Å². The molecule has 2 heteroatoms. The van der Waals surface area contributed by atoms with Crippen molar-refractivity contribution in [3.8, 4) is 0 Å². The van der Waals surface area contributed by atoms with Crippen LogP contribution in [0.3, 0.4) is 0 Å². The molecule has 1 aliphatic heterocycles. The van der Waals surface area contributed by atoms with Gasteiger partial charge in [0.1, 0.15) is 0 Å². The van der Waals surface area contributed by atoms with Crippen molar-refractivity contribution in [3.63, 3.8) is 0 Å². The molecule has 1 aliphatic carbocycles. The van der Waals surface area contributed by atoms with Crippen LogP contribution in [0.4, 0.5) is 0 Å². The molecule has 1 saturated heterocycles. The Morgan fingerprint density at radius 2 is 1.73 bits per heavy atom. The molecule has 1 N–H and O–H groups in total. The molecule has 2 aliphatic rings. The first kappa shape index (κ1) is 11.8.